The van der Waals surface area contributed by atoms with Crippen molar-refractivity contribution in [1.29, 1.82) is 0 Å². The maximum Gasteiger partial charge on any atom is 0.241 e. The van der Waals surface area contributed by atoms with Gasteiger partial charge in [0.1, 0.15) is 0 Å². The summed E-state index contributed by atoms with van der Waals surface area (Å²) >= 11 is 0. The summed E-state index contributed by atoms with van der Waals surface area (Å²) < 4.78 is 0. The summed E-state index contributed by atoms with van der Waals surface area (Å²) in [5.41, 5.74) is 7.10. The minimum atomic E-state index is -0.176. The van der Waals surface area contributed by atoms with Gasteiger partial charge in [-0.15, -0.1) is 0 Å². The van der Waals surface area contributed by atoms with E-state index in [0.717, 1.165) is 12.8 Å². The molecule has 0 aromatic heterocycles. The maximum atomic E-state index is 12.2. The van der Waals surface area contributed by atoms with E-state index in [2.05, 4.69) is 24.1 Å². The number of hydrogen-bond donors (Lipinski definition) is 2. The van der Waals surface area contributed by atoms with Gasteiger partial charge in [0.25, 0.3) is 0 Å². The van der Waals surface area contributed by atoms with Gasteiger partial charge in [0.2, 0.25) is 5.91 Å². The number of nitrogen functional groups attached to an aromatic ring is 1. The minimum Gasteiger partial charge on any atom is -0.397 e. The summed E-state index contributed by atoms with van der Waals surface area (Å²) in [6.45, 7) is 6.21. The Morgan fingerprint density at radius 2 is 1.89 bits per heavy atom. The molecule has 1 aromatic carbocycles. The first-order chi connectivity index (χ1) is 9.01. The van der Waals surface area contributed by atoms with Crippen molar-refractivity contribution in [3.8, 4) is 0 Å². The van der Waals surface area contributed by atoms with Gasteiger partial charge in [-0.3, -0.25) is 9.69 Å². The molecule has 0 bridgehead atoms. The zero-order chi connectivity index (χ0) is 14.4. The number of nitrogens with zero attached hydrogens (tertiary/aromatic N) is 1. The molecule has 1 rings (SSSR count). The van der Waals surface area contributed by atoms with Crippen LogP contribution in [0.15, 0.2) is 24.3 Å². The first-order valence-electron chi connectivity index (χ1n) is 6.88. The molecule has 4 heteroatoms. The first-order valence-corrected chi connectivity index (χ1v) is 6.88. The van der Waals surface area contributed by atoms with E-state index in [1.54, 1.807) is 6.07 Å². The first kappa shape index (κ1) is 15.5. The fourth-order valence-electron chi connectivity index (χ4n) is 2.21. The smallest absolute Gasteiger partial charge is 0.241 e. The summed E-state index contributed by atoms with van der Waals surface area (Å²) in [5.74, 6) is -0.0210. The molecule has 0 fully saturated rings. The third-order valence-electron chi connectivity index (χ3n) is 3.73. The minimum absolute atomic E-state index is 0.0210. The van der Waals surface area contributed by atoms with E-state index < -0.39 is 0 Å². The second kappa shape index (κ2) is 7.14. The van der Waals surface area contributed by atoms with Crippen LogP contribution in [0.25, 0.3) is 0 Å². The van der Waals surface area contributed by atoms with Gasteiger partial charge in [0.15, 0.2) is 0 Å². The number of hydrogen-bond acceptors (Lipinski definition) is 3. The van der Waals surface area contributed by atoms with Crippen molar-refractivity contribution >= 4 is 17.3 Å². The molecule has 0 saturated carbocycles. The SMILES string of the molecule is CCC(CC)N(C)C(C)C(=O)Nc1ccccc1N. The number of amides is 1. The van der Waals surface area contributed by atoms with E-state index in [9.17, 15) is 4.79 Å². The molecule has 0 radical (unpaired) electrons. The molecule has 3 N–H and O–H groups in total. The number of rotatable bonds is 6. The lowest BCUT2D eigenvalue weighted by molar-refractivity contribution is -0.121. The highest BCUT2D eigenvalue weighted by atomic mass is 16.2. The van der Waals surface area contributed by atoms with Gasteiger partial charge in [-0.05, 0) is 38.9 Å². The summed E-state index contributed by atoms with van der Waals surface area (Å²) in [4.78, 5) is 14.4. The molecular weight excluding hydrogens is 238 g/mol. The standard InChI is InChI=1S/C15H25N3O/c1-5-12(6-2)18(4)11(3)15(19)17-14-10-8-7-9-13(14)16/h7-12H,5-6,16H2,1-4H3,(H,17,19). The third-order valence-corrected chi connectivity index (χ3v) is 3.73. The van der Waals surface area contributed by atoms with Gasteiger partial charge in [-0.25, -0.2) is 0 Å². The summed E-state index contributed by atoms with van der Waals surface area (Å²) in [7, 11) is 2.00. The van der Waals surface area contributed by atoms with Gasteiger partial charge < -0.3 is 11.1 Å². The highest BCUT2D eigenvalue weighted by Gasteiger charge is 2.23. The molecule has 1 aromatic rings. The van der Waals surface area contributed by atoms with Crippen LogP contribution >= 0.6 is 0 Å². The fourth-order valence-corrected chi connectivity index (χ4v) is 2.21. The summed E-state index contributed by atoms with van der Waals surface area (Å²) in [6.07, 6.45) is 2.08. The van der Waals surface area contributed by atoms with Gasteiger partial charge in [0, 0.05) is 6.04 Å². The maximum absolute atomic E-state index is 12.2. The number of para-hydroxylation sites is 2. The molecule has 19 heavy (non-hydrogen) atoms. The van der Waals surface area contributed by atoms with Crippen molar-refractivity contribution in [2.45, 2.75) is 45.7 Å². The van der Waals surface area contributed by atoms with Gasteiger partial charge >= 0.3 is 0 Å². The quantitative estimate of drug-likeness (QED) is 0.776. The van der Waals surface area contributed by atoms with Crippen molar-refractivity contribution in [1.82, 2.24) is 4.90 Å². The number of carbonyl (C=O) groups is 1. The zero-order valence-corrected chi connectivity index (χ0v) is 12.3. The molecule has 0 aliphatic carbocycles. The van der Waals surface area contributed by atoms with Crippen LogP contribution in [-0.2, 0) is 4.79 Å². The second-order valence-electron chi connectivity index (χ2n) is 4.89. The highest BCUT2D eigenvalue weighted by molar-refractivity contribution is 5.97. The van der Waals surface area contributed by atoms with Crippen molar-refractivity contribution in [3.05, 3.63) is 24.3 Å². The summed E-state index contributed by atoms with van der Waals surface area (Å²) in [5, 5.41) is 2.89. The molecular formula is C15H25N3O. The monoisotopic (exact) mass is 263 g/mol. The van der Waals surface area contributed by atoms with Crippen LogP contribution in [0.2, 0.25) is 0 Å². The highest BCUT2D eigenvalue weighted by Crippen LogP contribution is 2.18. The molecule has 1 atom stereocenters. The Bertz CT molecular complexity index is 416. The average molecular weight is 263 g/mol. The van der Waals surface area contributed by atoms with E-state index >= 15 is 0 Å². The lowest BCUT2D eigenvalue weighted by atomic mass is 10.1. The van der Waals surface area contributed by atoms with Crippen LogP contribution < -0.4 is 11.1 Å². The largest absolute Gasteiger partial charge is 0.397 e. The van der Waals surface area contributed by atoms with Crippen LogP contribution in [0.1, 0.15) is 33.6 Å². The molecule has 1 amide bonds. The molecule has 1 unspecified atom stereocenters. The van der Waals surface area contributed by atoms with Crippen LogP contribution in [0.3, 0.4) is 0 Å². The van der Waals surface area contributed by atoms with Crippen LogP contribution in [0.4, 0.5) is 11.4 Å². The Labute approximate surface area is 116 Å². The predicted octanol–water partition coefficient (Wildman–Crippen LogP) is 2.72. The molecule has 106 valence electrons. The zero-order valence-electron chi connectivity index (χ0n) is 12.3. The Balaban J connectivity index is 2.70. The van der Waals surface area contributed by atoms with E-state index in [0.29, 0.717) is 17.4 Å². The predicted molar refractivity (Wildman–Crippen MR) is 81.1 cm³/mol. The molecule has 0 saturated heterocycles. The van der Waals surface area contributed by atoms with E-state index in [1.807, 2.05) is 32.2 Å². The number of nitrogens with two attached hydrogens (primary N) is 1. The molecule has 0 aliphatic heterocycles. The Kier molecular flexibility index (Phi) is 5.83. The number of benzene rings is 1. The molecule has 0 spiro atoms. The Hall–Kier alpha value is -1.55. The van der Waals surface area contributed by atoms with E-state index in [4.69, 9.17) is 5.73 Å². The third kappa shape index (κ3) is 3.96. The van der Waals surface area contributed by atoms with Crippen molar-refractivity contribution in [3.63, 3.8) is 0 Å². The van der Waals surface area contributed by atoms with Crippen LogP contribution in [0, 0.1) is 0 Å². The Morgan fingerprint density at radius 3 is 2.42 bits per heavy atom. The van der Waals surface area contributed by atoms with Crippen molar-refractivity contribution in [2.24, 2.45) is 0 Å². The van der Waals surface area contributed by atoms with E-state index in [-0.39, 0.29) is 11.9 Å². The van der Waals surface area contributed by atoms with Crippen LogP contribution in [0.5, 0.6) is 0 Å². The summed E-state index contributed by atoms with van der Waals surface area (Å²) in [6, 6.07) is 7.56. The lowest BCUT2D eigenvalue weighted by Gasteiger charge is -2.31. The number of carbonyl (C=O) groups excluding carboxylic acids is 1. The van der Waals surface area contributed by atoms with Crippen molar-refractivity contribution < 1.29 is 4.79 Å². The van der Waals surface area contributed by atoms with E-state index in [1.165, 1.54) is 0 Å². The topological polar surface area (TPSA) is 58.4 Å². The second-order valence-corrected chi connectivity index (χ2v) is 4.89. The normalized spacial score (nSPS) is 12.7. The van der Waals surface area contributed by atoms with Gasteiger partial charge in [-0.1, -0.05) is 26.0 Å². The molecule has 0 heterocycles. The van der Waals surface area contributed by atoms with Crippen molar-refractivity contribution in [2.75, 3.05) is 18.1 Å². The van der Waals surface area contributed by atoms with Gasteiger partial charge in [-0.2, -0.15) is 0 Å². The van der Waals surface area contributed by atoms with Crippen LogP contribution in [-0.4, -0.2) is 29.9 Å². The number of anilines is 2. The number of nitrogens with one attached hydrogen (secondary N) is 1. The Morgan fingerprint density at radius 1 is 1.32 bits per heavy atom. The lowest BCUT2D eigenvalue weighted by Crippen LogP contribution is -2.45. The fraction of sp³-hybridized carbons (Fsp3) is 0.533. The number of likely N-dealkylation sites (N-methyl/N-ethyl adjacent to an activating group) is 1. The van der Waals surface area contributed by atoms with Gasteiger partial charge in [0.05, 0.1) is 17.4 Å². The molecule has 0 aliphatic rings. The molecule has 4 nitrogen and oxygen atoms in total. The average Bonchev–Trinajstić information content (AvgIpc) is 2.41.